The lowest BCUT2D eigenvalue weighted by atomic mass is 10.2. The van der Waals surface area contributed by atoms with Crippen molar-refractivity contribution >= 4 is 10.0 Å². The highest BCUT2D eigenvalue weighted by molar-refractivity contribution is 7.89. The zero-order valence-corrected chi connectivity index (χ0v) is 12.9. The fraction of sp³-hybridized carbons (Fsp3) is 1.00. The van der Waals surface area contributed by atoms with Crippen molar-refractivity contribution in [3.63, 3.8) is 0 Å². The van der Waals surface area contributed by atoms with Gasteiger partial charge in [-0.25, -0.2) is 8.42 Å². The molecule has 0 aromatic carbocycles. The molecule has 1 atom stereocenters. The number of nitrogens with two attached hydrogens (primary N) is 1. The SMILES string of the molecule is CCC(CC)N(CCOC)S(=O)(=O)C(CC)CN. The lowest BCUT2D eigenvalue weighted by molar-refractivity contribution is 0.162. The summed E-state index contributed by atoms with van der Waals surface area (Å²) in [5, 5.41) is -0.491. The van der Waals surface area contributed by atoms with Gasteiger partial charge in [-0.3, -0.25) is 0 Å². The second-order valence-electron chi connectivity index (χ2n) is 4.38. The Balaban J connectivity index is 5.14. The summed E-state index contributed by atoms with van der Waals surface area (Å²) < 4.78 is 31.7. The molecule has 0 aromatic heterocycles. The van der Waals surface area contributed by atoms with Crippen LogP contribution in [0.15, 0.2) is 0 Å². The molecular weight excluding hydrogens is 252 g/mol. The molecule has 0 aromatic rings. The van der Waals surface area contributed by atoms with Crippen molar-refractivity contribution in [2.45, 2.75) is 51.3 Å². The molecule has 0 aliphatic rings. The lowest BCUT2D eigenvalue weighted by Crippen LogP contribution is -2.48. The predicted molar refractivity (Wildman–Crippen MR) is 75.0 cm³/mol. The van der Waals surface area contributed by atoms with Crippen LogP contribution in [0.1, 0.15) is 40.0 Å². The number of rotatable bonds is 10. The van der Waals surface area contributed by atoms with E-state index in [9.17, 15) is 8.42 Å². The summed E-state index contributed by atoms with van der Waals surface area (Å²) in [6.45, 7) is 6.86. The van der Waals surface area contributed by atoms with Gasteiger partial charge >= 0.3 is 0 Å². The normalized spacial score (nSPS) is 14.4. The molecule has 1 unspecified atom stereocenters. The van der Waals surface area contributed by atoms with Crippen molar-refractivity contribution in [2.75, 3.05) is 26.8 Å². The molecule has 0 spiro atoms. The van der Waals surface area contributed by atoms with E-state index in [2.05, 4.69) is 0 Å². The zero-order valence-electron chi connectivity index (χ0n) is 12.1. The van der Waals surface area contributed by atoms with Gasteiger partial charge in [0, 0.05) is 26.2 Å². The van der Waals surface area contributed by atoms with Crippen LogP contribution >= 0.6 is 0 Å². The smallest absolute Gasteiger partial charge is 0.218 e. The van der Waals surface area contributed by atoms with E-state index in [1.807, 2.05) is 20.8 Å². The number of hydrogen-bond acceptors (Lipinski definition) is 4. The van der Waals surface area contributed by atoms with Gasteiger partial charge in [0.25, 0.3) is 0 Å². The van der Waals surface area contributed by atoms with Gasteiger partial charge in [-0.1, -0.05) is 20.8 Å². The van der Waals surface area contributed by atoms with Crippen LogP contribution in [0.25, 0.3) is 0 Å². The zero-order chi connectivity index (χ0) is 14.2. The maximum absolute atomic E-state index is 12.5. The molecule has 0 saturated carbocycles. The number of hydrogen-bond donors (Lipinski definition) is 1. The monoisotopic (exact) mass is 280 g/mol. The second-order valence-corrected chi connectivity index (χ2v) is 6.55. The van der Waals surface area contributed by atoms with Crippen LogP contribution in [0.4, 0.5) is 0 Å². The van der Waals surface area contributed by atoms with E-state index in [-0.39, 0.29) is 12.6 Å². The number of nitrogens with zero attached hydrogens (tertiary/aromatic N) is 1. The molecular formula is C12H28N2O3S. The summed E-state index contributed by atoms with van der Waals surface area (Å²) in [7, 11) is -1.75. The number of sulfonamides is 1. The van der Waals surface area contributed by atoms with Gasteiger partial charge in [-0.15, -0.1) is 0 Å². The van der Waals surface area contributed by atoms with Gasteiger partial charge in [0.15, 0.2) is 0 Å². The second kappa shape index (κ2) is 8.85. The molecule has 5 nitrogen and oxygen atoms in total. The Morgan fingerprint density at radius 2 is 1.72 bits per heavy atom. The maximum atomic E-state index is 12.5. The van der Waals surface area contributed by atoms with Crippen LogP contribution in [0, 0.1) is 0 Å². The number of ether oxygens (including phenoxy) is 1. The predicted octanol–water partition coefficient (Wildman–Crippen LogP) is 1.19. The summed E-state index contributed by atoms with van der Waals surface area (Å²) in [4.78, 5) is 0. The molecule has 18 heavy (non-hydrogen) atoms. The first-order valence-corrected chi connectivity index (χ1v) is 8.19. The Kier molecular flexibility index (Phi) is 8.77. The van der Waals surface area contributed by atoms with E-state index in [1.54, 1.807) is 11.4 Å². The Bertz CT molecular complexity index is 298. The molecule has 110 valence electrons. The van der Waals surface area contributed by atoms with Crippen molar-refractivity contribution in [3.05, 3.63) is 0 Å². The average molecular weight is 280 g/mol. The highest BCUT2D eigenvalue weighted by Gasteiger charge is 2.33. The quantitative estimate of drug-likeness (QED) is 0.652. The standard InChI is InChI=1S/C12H28N2O3S/c1-5-11(6-2)14(8-9-17-4)18(15,16)12(7-3)10-13/h11-12H,5-10,13H2,1-4H3. The first-order chi connectivity index (χ1) is 8.49. The van der Waals surface area contributed by atoms with E-state index < -0.39 is 15.3 Å². The minimum atomic E-state index is -3.33. The fourth-order valence-corrected chi connectivity index (χ4v) is 4.18. The van der Waals surface area contributed by atoms with Crippen LogP contribution in [0.5, 0.6) is 0 Å². The summed E-state index contributed by atoms with van der Waals surface area (Å²) in [6.07, 6.45) is 2.16. The Morgan fingerprint density at radius 1 is 1.17 bits per heavy atom. The Labute approximate surface area is 112 Å². The third-order valence-corrected chi connectivity index (χ3v) is 5.83. The third-order valence-electron chi connectivity index (χ3n) is 3.33. The minimum absolute atomic E-state index is 0.0331. The van der Waals surface area contributed by atoms with Crippen molar-refractivity contribution < 1.29 is 13.2 Å². The van der Waals surface area contributed by atoms with E-state index in [1.165, 1.54) is 0 Å². The van der Waals surface area contributed by atoms with Crippen LogP contribution in [0.2, 0.25) is 0 Å². The molecule has 0 fully saturated rings. The molecule has 0 rings (SSSR count). The average Bonchev–Trinajstić information content (AvgIpc) is 2.35. The van der Waals surface area contributed by atoms with E-state index in [0.717, 1.165) is 12.8 Å². The molecule has 0 aliphatic carbocycles. The Morgan fingerprint density at radius 3 is 2.06 bits per heavy atom. The topological polar surface area (TPSA) is 72.6 Å². The van der Waals surface area contributed by atoms with Crippen LogP contribution in [0.3, 0.4) is 0 Å². The summed E-state index contributed by atoms with van der Waals surface area (Å²) in [6, 6.07) is 0.0331. The highest BCUT2D eigenvalue weighted by Crippen LogP contribution is 2.19. The highest BCUT2D eigenvalue weighted by atomic mass is 32.2. The van der Waals surface area contributed by atoms with Gasteiger partial charge in [0.2, 0.25) is 10.0 Å². The van der Waals surface area contributed by atoms with E-state index in [0.29, 0.717) is 19.6 Å². The van der Waals surface area contributed by atoms with Gasteiger partial charge in [-0.05, 0) is 19.3 Å². The molecule has 0 amide bonds. The first-order valence-electron chi connectivity index (χ1n) is 6.69. The van der Waals surface area contributed by atoms with Crippen LogP contribution < -0.4 is 5.73 Å². The van der Waals surface area contributed by atoms with Crippen molar-refractivity contribution in [3.8, 4) is 0 Å². The van der Waals surface area contributed by atoms with Crippen molar-refractivity contribution in [1.82, 2.24) is 4.31 Å². The van der Waals surface area contributed by atoms with Gasteiger partial charge in [0.05, 0.1) is 11.9 Å². The summed E-state index contributed by atoms with van der Waals surface area (Å²) in [5.74, 6) is 0. The third kappa shape index (κ3) is 4.50. The molecule has 0 radical (unpaired) electrons. The van der Waals surface area contributed by atoms with E-state index >= 15 is 0 Å². The molecule has 0 saturated heterocycles. The van der Waals surface area contributed by atoms with Gasteiger partial charge in [0.1, 0.15) is 0 Å². The van der Waals surface area contributed by atoms with Crippen LogP contribution in [-0.4, -0.2) is 50.8 Å². The molecule has 0 heterocycles. The van der Waals surface area contributed by atoms with Crippen molar-refractivity contribution in [2.24, 2.45) is 5.73 Å². The lowest BCUT2D eigenvalue weighted by Gasteiger charge is -2.32. The molecule has 6 heteroatoms. The molecule has 2 N–H and O–H groups in total. The van der Waals surface area contributed by atoms with Crippen LogP contribution in [-0.2, 0) is 14.8 Å². The molecule has 0 bridgehead atoms. The van der Waals surface area contributed by atoms with Gasteiger partial charge in [-0.2, -0.15) is 4.31 Å². The number of methoxy groups -OCH3 is 1. The fourth-order valence-electron chi connectivity index (χ4n) is 2.09. The van der Waals surface area contributed by atoms with E-state index in [4.69, 9.17) is 10.5 Å². The largest absolute Gasteiger partial charge is 0.383 e. The first kappa shape index (κ1) is 17.8. The molecule has 0 aliphatic heterocycles. The minimum Gasteiger partial charge on any atom is -0.383 e. The van der Waals surface area contributed by atoms with Gasteiger partial charge < -0.3 is 10.5 Å². The Hall–Kier alpha value is -0.170. The van der Waals surface area contributed by atoms with Crippen molar-refractivity contribution in [1.29, 1.82) is 0 Å². The summed E-state index contributed by atoms with van der Waals surface area (Å²) >= 11 is 0. The summed E-state index contributed by atoms with van der Waals surface area (Å²) in [5.41, 5.74) is 5.58. The maximum Gasteiger partial charge on any atom is 0.218 e.